The van der Waals surface area contributed by atoms with E-state index < -0.39 is 0 Å². The molecule has 0 unspecified atom stereocenters. The monoisotopic (exact) mass is 576 g/mol. The van der Waals surface area contributed by atoms with E-state index in [4.69, 9.17) is 24.4 Å². The maximum atomic E-state index is 6.18. The molecule has 0 fully saturated rings. The van der Waals surface area contributed by atoms with E-state index in [-0.39, 0.29) is 0 Å². The summed E-state index contributed by atoms with van der Waals surface area (Å²) in [5.41, 5.74) is 5.24. The average Bonchev–Trinajstić information content (AvgIpc) is 3.56. The molecule has 0 spiro atoms. The van der Waals surface area contributed by atoms with Gasteiger partial charge in [-0.05, 0) is 63.3 Å². The van der Waals surface area contributed by atoms with E-state index >= 15 is 0 Å². The van der Waals surface area contributed by atoms with E-state index in [1.165, 1.54) is 10.8 Å². The molecule has 0 N–H and O–H groups in total. The van der Waals surface area contributed by atoms with Crippen LogP contribution in [0.1, 0.15) is 0 Å². The van der Waals surface area contributed by atoms with E-state index in [0.29, 0.717) is 23.4 Å². The Bertz CT molecular complexity index is 2460. The van der Waals surface area contributed by atoms with E-state index in [0.717, 1.165) is 54.9 Å². The highest BCUT2D eigenvalue weighted by Crippen LogP contribution is 2.33. The van der Waals surface area contributed by atoms with Crippen LogP contribution in [0.2, 0.25) is 0 Å². The lowest BCUT2D eigenvalue weighted by Crippen LogP contribution is -2.00. The van der Waals surface area contributed by atoms with Gasteiger partial charge in [0.05, 0.1) is 0 Å². The van der Waals surface area contributed by atoms with Gasteiger partial charge in [-0.1, -0.05) is 109 Å². The molecular weight excluding hydrogens is 552 g/mol. The predicted molar refractivity (Wildman–Crippen MR) is 182 cm³/mol. The van der Waals surface area contributed by atoms with Gasteiger partial charge in [-0.3, -0.25) is 0 Å². The minimum Gasteiger partial charge on any atom is -0.436 e. The fraction of sp³-hybridized carbons (Fsp3) is 0. The first kappa shape index (κ1) is 25.3. The summed E-state index contributed by atoms with van der Waals surface area (Å²) in [6.45, 7) is 0. The van der Waals surface area contributed by atoms with Gasteiger partial charge in [0.15, 0.2) is 23.1 Å². The molecule has 0 atom stereocenters. The van der Waals surface area contributed by atoms with E-state index in [2.05, 4.69) is 97.1 Å². The molecule has 0 aliphatic heterocycles. The Morgan fingerprint density at radius 3 is 1.44 bits per heavy atom. The van der Waals surface area contributed by atoms with Gasteiger partial charge in [0.2, 0.25) is 5.89 Å². The summed E-state index contributed by atoms with van der Waals surface area (Å²) in [4.78, 5) is 20.0. The number of hydrogen-bond donors (Lipinski definition) is 0. The predicted octanol–water partition coefficient (Wildman–Crippen LogP) is 10.1. The second-order valence-electron chi connectivity index (χ2n) is 11.2. The number of hydrogen-bond acceptors (Lipinski definition) is 5. The van der Waals surface area contributed by atoms with Gasteiger partial charge < -0.3 is 4.42 Å². The Hall–Kier alpha value is -6.20. The molecule has 0 saturated carbocycles. The molecule has 7 aromatic carbocycles. The molecule has 0 amide bonds. The van der Waals surface area contributed by atoms with Gasteiger partial charge >= 0.3 is 0 Å². The zero-order valence-electron chi connectivity index (χ0n) is 24.1. The van der Waals surface area contributed by atoms with Gasteiger partial charge in [-0.2, -0.15) is 0 Å². The van der Waals surface area contributed by atoms with Crippen molar-refractivity contribution in [2.75, 3.05) is 0 Å². The molecule has 0 aliphatic carbocycles. The molecule has 9 aromatic rings. The average molecular weight is 577 g/mol. The van der Waals surface area contributed by atoms with Crippen molar-refractivity contribution in [1.82, 2.24) is 19.9 Å². The molecule has 0 aliphatic rings. The third-order valence-electron chi connectivity index (χ3n) is 8.31. The lowest BCUT2D eigenvalue weighted by Gasteiger charge is -2.10. The van der Waals surface area contributed by atoms with E-state index in [9.17, 15) is 0 Å². The number of nitrogens with zero attached hydrogens (tertiary/aromatic N) is 4. The largest absolute Gasteiger partial charge is 0.436 e. The molecule has 2 aromatic heterocycles. The number of benzene rings is 7. The zero-order chi connectivity index (χ0) is 29.7. The van der Waals surface area contributed by atoms with Gasteiger partial charge in [-0.15, -0.1) is 0 Å². The highest BCUT2D eigenvalue weighted by molar-refractivity contribution is 6.05. The summed E-state index contributed by atoms with van der Waals surface area (Å²) in [7, 11) is 0. The first-order valence-corrected chi connectivity index (χ1v) is 14.9. The van der Waals surface area contributed by atoms with Gasteiger partial charge in [0.25, 0.3) is 0 Å². The number of aromatic nitrogens is 4. The Labute approximate surface area is 258 Å². The lowest BCUT2D eigenvalue weighted by molar-refractivity contribution is 0.620. The molecule has 5 nitrogen and oxygen atoms in total. The Kier molecular flexibility index (Phi) is 5.74. The second kappa shape index (κ2) is 10.2. The van der Waals surface area contributed by atoms with E-state index in [1.807, 2.05) is 48.5 Å². The van der Waals surface area contributed by atoms with Crippen LogP contribution in [-0.4, -0.2) is 19.9 Å². The smallest absolute Gasteiger partial charge is 0.227 e. The summed E-state index contributed by atoms with van der Waals surface area (Å²) in [5, 5.41) is 6.67. The summed E-state index contributed by atoms with van der Waals surface area (Å²) < 4.78 is 6.18. The quantitative estimate of drug-likeness (QED) is 0.209. The fourth-order valence-electron chi connectivity index (χ4n) is 5.97. The second-order valence-corrected chi connectivity index (χ2v) is 11.2. The van der Waals surface area contributed by atoms with E-state index in [1.54, 1.807) is 0 Å². The van der Waals surface area contributed by atoms with Crippen LogP contribution < -0.4 is 0 Å². The minimum atomic E-state index is 0.598. The molecule has 0 saturated heterocycles. The van der Waals surface area contributed by atoms with Crippen LogP contribution in [0.15, 0.2) is 150 Å². The third kappa shape index (κ3) is 4.50. The Balaban J connectivity index is 1.24. The highest BCUT2D eigenvalue weighted by Gasteiger charge is 2.16. The molecule has 9 rings (SSSR count). The van der Waals surface area contributed by atoms with Crippen molar-refractivity contribution in [3.05, 3.63) is 146 Å². The standard InChI is InChI=1S/C40H24N4O/c1-2-10-28(11-3-1)40-41-36-34-24-33(19-16-27(34)20-21-35(36)45-40)39-43-37(31-17-14-25-8-4-6-12-29(25)22-31)42-38(44-39)32-18-15-26-9-5-7-13-30(26)23-32/h1-24H. The van der Waals surface area contributed by atoms with Crippen LogP contribution in [0, 0.1) is 0 Å². The number of oxazole rings is 1. The van der Waals surface area contributed by atoms with Crippen LogP contribution in [0.4, 0.5) is 0 Å². The molecule has 2 heterocycles. The number of fused-ring (bicyclic) bond motifs is 5. The van der Waals surface area contributed by atoms with Crippen LogP contribution in [0.25, 0.3) is 89.0 Å². The van der Waals surface area contributed by atoms with Crippen LogP contribution in [-0.2, 0) is 0 Å². The highest BCUT2D eigenvalue weighted by atomic mass is 16.3. The Morgan fingerprint density at radius 1 is 0.356 bits per heavy atom. The maximum absolute atomic E-state index is 6.18. The van der Waals surface area contributed by atoms with Crippen molar-refractivity contribution < 1.29 is 4.42 Å². The van der Waals surface area contributed by atoms with Crippen molar-refractivity contribution >= 4 is 43.4 Å². The first-order chi connectivity index (χ1) is 22.2. The third-order valence-corrected chi connectivity index (χ3v) is 8.31. The van der Waals surface area contributed by atoms with Gasteiger partial charge in [-0.25, -0.2) is 19.9 Å². The van der Waals surface area contributed by atoms with Crippen LogP contribution in [0.3, 0.4) is 0 Å². The number of rotatable bonds is 4. The van der Waals surface area contributed by atoms with Gasteiger partial charge in [0.1, 0.15) is 5.52 Å². The van der Waals surface area contributed by atoms with Crippen LogP contribution in [0.5, 0.6) is 0 Å². The Morgan fingerprint density at radius 2 is 0.844 bits per heavy atom. The normalized spacial score (nSPS) is 11.6. The van der Waals surface area contributed by atoms with Gasteiger partial charge in [0, 0.05) is 27.6 Å². The van der Waals surface area contributed by atoms with Crippen molar-refractivity contribution in [2.24, 2.45) is 0 Å². The summed E-state index contributed by atoms with van der Waals surface area (Å²) in [6, 6.07) is 49.6. The molecule has 210 valence electrons. The fourth-order valence-corrected chi connectivity index (χ4v) is 5.97. The minimum absolute atomic E-state index is 0.598. The van der Waals surface area contributed by atoms with Crippen LogP contribution >= 0.6 is 0 Å². The zero-order valence-corrected chi connectivity index (χ0v) is 24.1. The van der Waals surface area contributed by atoms with Crippen molar-refractivity contribution in [1.29, 1.82) is 0 Å². The SMILES string of the molecule is c1ccc(-c2nc3c(ccc4ccc(-c5nc(-c6ccc7ccccc7c6)nc(-c6ccc7ccccc7c6)n5)cc43)o2)cc1. The molecular formula is C40H24N4O. The summed E-state index contributed by atoms with van der Waals surface area (Å²) >= 11 is 0. The van der Waals surface area contributed by atoms with Crippen molar-refractivity contribution in [3.63, 3.8) is 0 Å². The van der Waals surface area contributed by atoms with Crippen molar-refractivity contribution in [2.45, 2.75) is 0 Å². The topological polar surface area (TPSA) is 64.7 Å². The summed E-state index contributed by atoms with van der Waals surface area (Å²) in [5.74, 6) is 2.45. The molecule has 5 heteroatoms. The lowest BCUT2D eigenvalue weighted by atomic mass is 10.0. The molecule has 0 radical (unpaired) electrons. The molecule has 0 bridgehead atoms. The summed E-state index contributed by atoms with van der Waals surface area (Å²) in [6.07, 6.45) is 0. The first-order valence-electron chi connectivity index (χ1n) is 14.9. The van der Waals surface area contributed by atoms with Crippen molar-refractivity contribution in [3.8, 4) is 45.6 Å². The molecule has 45 heavy (non-hydrogen) atoms. The maximum Gasteiger partial charge on any atom is 0.227 e.